The first-order valence-electron chi connectivity index (χ1n) is 6.41. The summed E-state index contributed by atoms with van der Waals surface area (Å²) in [6, 6.07) is 5.97. The zero-order chi connectivity index (χ0) is 13.1. The molecule has 18 heavy (non-hydrogen) atoms. The largest absolute Gasteiger partial charge is 0.497 e. The number of nitrogens with zero attached hydrogens (tertiary/aromatic N) is 1. The first-order chi connectivity index (χ1) is 8.38. The number of benzene rings is 1. The zero-order valence-corrected chi connectivity index (χ0v) is 11.7. The molecule has 0 aliphatic heterocycles. The second kappa shape index (κ2) is 3.28. The second-order valence-electron chi connectivity index (χ2n) is 6.38. The summed E-state index contributed by atoms with van der Waals surface area (Å²) in [6.45, 7) is 9.24. The van der Waals surface area contributed by atoms with Crippen LogP contribution in [0.25, 0.3) is 11.0 Å². The fraction of sp³-hybridized carbons (Fsp3) is 0.533. The first-order valence-corrected chi connectivity index (χ1v) is 6.41. The van der Waals surface area contributed by atoms with Gasteiger partial charge in [-0.05, 0) is 23.0 Å². The lowest BCUT2D eigenvalue weighted by molar-refractivity contribution is 0.415. The molecule has 1 aliphatic carbocycles. The van der Waals surface area contributed by atoms with Gasteiger partial charge >= 0.3 is 0 Å². The molecule has 3 heteroatoms. The van der Waals surface area contributed by atoms with Gasteiger partial charge in [-0.15, -0.1) is 0 Å². The maximum atomic E-state index is 5.24. The van der Waals surface area contributed by atoms with Crippen LogP contribution in [0.5, 0.6) is 5.75 Å². The van der Waals surface area contributed by atoms with Crippen molar-refractivity contribution < 1.29 is 4.74 Å². The van der Waals surface area contributed by atoms with Gasteiger partial charge in [-0.1, -0.05) is 27.7 Å². The van der Waals surface area contributed by atoms with Crippen LogP contribution in [0.2, 0.25) is 0 Å². The summed E-state index contributed by atoms with van der Waals surface area (Å²) in [5.74, 6) is 2.48. The number of fused-ring (bicyclic) bond motifs is 1. The highest BCUT2D eigenvalue weighted by Gasteiger charge is 2.66. The van der Waals surface area contributed by atoms with E-state index in [9.17, 15) is 0 Å². The van der Waals surface area contributed by atoms with Crippen LogP contribution in [0.1, 0.15) is 39.4 Å². The minimum absolute atomic E-state index is 0.310. The Morgan fingerprint density at radius 2 is 1.83 bits per heavy atom. The van der Waals surface area contributed by atoms with E-state index in [0.29, 0.717) is 16.7 Å². The molecule has 0 atom stereocenters. The summed E-state index contributed by atoms with van der Waals surface area (Å²) >= 11 is 0. The third-order valence-corrected chi connectivity index (χ3v) is 5.00. The summed E-state index contributed by atoms with van der Waals surface area (Å²) in [5.41, 5.74) is 2.70. The molecule has 1 heterocycles. The van der Waals surface area contributed by atoms with E-state index in [1.807, 2.05) is 18.2 Å². The maximum Gasteiger partial charge on any atom is 0.121 e. The van der Waals surface area contributed by atoms with Gasteiger partial charge in [0.05, 0.1) is 18.1 Å². The number of nitrogens with one attached hydrogen (secondary N) is 1. The van der Waals surface area contributed by atoms with Crippen LogP contribution in [0, 0.1) is 10.8 Å². The van der Waals surface area contributed by atoms with Gasteiger partial charge in [0, 0.05) is 12.0 Å². The van der Waals surface area contributed by atoms with Gasteiger partial charge in [0.15, 0.2) is 0 Å². The second-order valence-corrected chi connectivity index (χ2v) is 6.38. The van der Waals surface area contributed by atoms with E-state index in [0.717, 1.165) is 22.6 Å². The summed E-state index contributed by atoms with van der Waals surface area (Å²) in [5, 5.41) is 0. The molecule has 2 aromatic rings. The van der Waals surface area contributed by atoms with E-state index in [2.05, 4.69) is 32.7 Å². The number of methoxy groups -OCH3 is 1. The van der Waals surface area contributed by atoms with Crippen LogP contribution in [0.4, 0.5) is 0 Å². The Hall–Kier alpha value is -1.51. The fourth-order valence-corrected chi connectivity index (χ4v) is 3.15. The predicted molar refractivity (Wildman–Crippen MR) is 72.9 cm³/mol. The minimum Gasteiger partial charge on any atom is -0.497 e. The lowest BCUT2D eigenvalue weighted by Gasteiger charge is -2.03. The molecule has 0 saturated heterocycles. The Morgan fingerprint density at radius 3 is 2.39 bits per heavy atom. The minimum atomic E-state index is 0.310. The number of rotatable bonds is 2. The molecule has 0 unspecified atom stereocenters. The molecule has 96 valence electrons. The third-order valence-electron chi connectivity index (χ3n) is 5.00. The molecule has 1 aliphatic rings. The molecule has 0 radical (unpaired) electrons. The highest BCUT2D eigenvalue weighted by molar-refractivity contribution is 5.77. The van der Waals surface area contributed by atoms with E-state index in [4.69, 9.17) is 9.72 Å². The summed E-state index contributed by atoms with van der Waals surface area (Å²) in [6.07, 6.45) is 0. The average molecular weight is 244 g/mol. The Labute approximate surface area is 108 Å². The van der Waals surface area contributed by atoms with Crippen molar-refractivity contribution in [2.24, 2.45) is 10.8 Å². The lowest BCUT2D eigenvalue weighted by atomic mass is 10.0. The van der Waals surface area contributed by atoms with E-state index >= 15 is 0 Å². The standard InChI is InChI=1S/C15H20N2O/c1-14(2)12(15(14,3)4)13-16-10-7-6-9(18-5)8-11(10)17-13/h6-8,12H,1-5H3,(H,16,17). The van der Waals surface area contributed by atoms with Gasteiger partial charge in [0.25, 0.3) is 0 Å². The molecular formula is C15H20N2O. The number of hydrogen-bond donors (Lipinski definition) is 1. The number of aromatic nitrogens is 2. The normalized spacial score (nSPS) is 21.2. The van der Waals surface area contributed by atoms with Crippen LogP contribution in [0.3, 0.4) is 0 Å². The van der Waals surface area contributed by atoms with Crippen molar-refractivity contribution in [2.45, 2.75) is 33.6 Å². The molecule has 1 aromatic heterocycles. The average Bonchev–Trinajstić information content (AvgIpc) is 2.64. The smallest absolute Gasteiger partial charge is 0.121 e. The Morgan fingerprint density at radius 1 is 1.17 bits per heavy atom. The quantitative estimate of drug-likeness (QED) is 0.874. The number of H-pyrrole nitrogens is 1. The molecule has 1 aromatic carbocycles. The molecule has 1 saturated carbocycles. The molecule has 1 N–H and O–H groups in total. The molecule has 1 fully saturated rings. The number of hydrogen-bond acceptors (Lipinski definition) is 2. The first kappa shape index (κ1) is 11.6. The topological polar surface area (TPSA) is 37.9 Å². The third kappa shape index (κ3) is 1.33. The zero-order valence-electron chi connectivity index (χ0n) is 11.7. The monoisotopic (exact) mass is 244 g/mol. The number of ether oxygens (including phenoxy) is 1. The molecule has 0 bridgehead atoms. The highest BCUT2D eigenvalue weighted by Crippen LogP contribution is 2.73. The van der Waals surface area contributed by atoms with Crippen molar-refractivity contribution >= 4 is 11.0 Å². The predicted octanol–water partition coefficient (Wildman–Crippen LogP) is 3.72. The molecule has 0 spiro atoms. The van der Waals surface area contributed by atoms with Crippen LogP contribution >= 0.6 is 0 Å². The SMILES string of the molecule is COc1ccc2nc(C3C(C)(C)C3(C)C)[nH]c2c1. The van der Waals surface area contributed by atoms with Crippen molar-refractivity contribution in [3.63, 3.8) is 0 Å². The van der Waals surface area contributed by atoms with Crippen LogP contribution in [-0.4, -0.2) is 17.1 Å². The fourth-order valence-electron chi connectivity index (χ4n) is 3.15. The number of imidazole rings is 1. The molecule has 0 amide bonds. The van der Waals surface area contributed by atoms with Crippen LogP contribution < -0.4 is 4.74 Å². The maximum absolute atomic E-state index is 5.24. The van der Waals surface area contributed by atoms with Crippen molar-refractivity contribution in [1.82, 2.24) is 9.97 Å². The Bertz CT molecular complexity index is 596. The van der Waals surface area contributed by atoms with Crippen molar-refractivity contribution in [2.75, 3.05) is 7.11 Å². The van der Waals surface area contributed by atoms with Gasteiger partial charge < -0.3 is 9.72 Å². The van der Waals surface area contributed by atoms with Gasteiger partial charge in [-0.2, -0.15) is 0 Å². The highest BCUT2D eigenvalue weighted by atomic mass is 16.5. The van der Waals surface area contributed by atoms with Crippen molar-refractivity contribution in [1.29, 1.82) is 0 Å². The van der Waals surface area contributed by atoms with Crippen LogP contribution in [-0.2, 0) is 0 Å². The van der Waals surface area contributed by atoms with Gasteiger partial charge in [-0.25, -0.2) is 4.98 Å². The van der Waals surface area contributed by atoms with E-state index < -0.39 is 0 Å². The van der Waals surface area contributed by atoms with Crippen LogP contribution in [0.15, 0.2) is 18.2 Å². The van der Waals surface area contributed by atoms with Gasteiger partial charge in [-0.3, -0.25) is 0 Å². The summed E-state index contributed by atoms with van der Waals surface area (Å²) in [7, 11) is 1.69. The molecule has 3 nitrogen and oxygen atoms in total. The summed E-state index contributed by atoms with van der Waals surface area (Å²) in [4.78, 5) is 8.18. The van der Waals surface area contributed by atoms with Gasteiger partial charge in [0.1, 0.15) is 11.6 Å². The van der Waals surface area contributed by atoms with E-state index in [-0.39, 0.29) is 0 Å². The van der Waals surface area contributed by atoms with E-state index in [1.54, 1.807) is 7.11 Å². The lowest BCUT2D eigenvalue weighted by Crippen LogP contribution is -1.95. The molecule has 3 rings (SSSR count). The molecular weight excluding hydrogens is 224 g/mol. The van der Waals surface area contributed by atoms with Crippen molar-refractivity contribution in [3.8, 4) is 5.75 Å². The van der Waals surface area contributed by atoms with E-state index in [1.165, 1.54) is 0 Å². The number of aromatic amines is 1. The Balaban J connectivity index is 2.05. The summed E-state index contributed by atoms with van der Waals surface area (Å²) < 4.78 is 5.24. The van der Waals surface area contributed by atoms with Crippen molar-refractivity contribution in [3.05, 3.63) is 24.0 Å². The van der Waals surface area contributed by atoms with Gasteiger partial charge in [0.2, 0.25) is 0 Å². The Kier molecular flexibility index (Phi) is 2.11.